The predicted octanol–water partition coefficient (Wildman–Crippen LogP) is 4.83. The van der Waals surface area contributed by atoms with E-state index >= 15 is 0 Å². The number of rotatable bonds is 3. The van der Waals surface area contributed by atoms with Gasteiger partial charge in [-0.2, -0.15) is 0 Å². The summed E-state index contributed by atoms with van der Waals surface area (Å²) >= 11 is 5.21. The molecule has 4 heteroatoms. The van der Waals surface area contributed by atoms with E-state index in [0.717, 1.165) is 10.2 Å². The Bertz CT molecular complexity index is 723. The minimum Gasteiger partial charge on any atom is -0.488 e. The molecular formula is C15H12BrNOS. The van der Waals surface area contributed by atoms with Gasteiger partial charge in [-0.3, -0.25) is 0 Å². The third-order valence-electron chi connectivity index (χ3n) is 2.90. The Morgan fingerprint density at radius 2 is 2.00 bits per heavy atom. The molecule has 3 rings (SSSR count). The lowest BCUT2D eigenvalue weighted by Gasteiger charge is -2.08. The molecule has 0 atom stereocenters. The van der Waals surface area contributed by atoms with E-state index in [1.54, 1.807) is 11.3 Å². The SMILES string of the molecule is Nc1ccc(Br)c(OCc2csc3ccccc23)c1. The number of hydrogen-bond donors (Lipinski definition) is 1. The molecule has 0 amide bonds. The average Bonchev–Trinajstić information content (AvgIpc) is 2.83. The number of nitrogens with two attached hydrogens (primary N) is 1. The Morgan fingerprint density at radius 3 is 2.89 bits per heavy atom. The fourth-order valence-corrected chi connectivity index (χ4v) is 3.24. The summed E-state index contributed by atoms with van der Waals surface area (Å²) in [5, 5.41) is 3.40. The minimum atomic E-state index is 0.548. The highest BCUT2D eigenvalue weighted by atomic mass is 79.9. The summed E-state index contributed by atoms with van der Waals surface area (Å²) in [4.78, 5) is 0. The molecule has 96 valence electrons. The molecule has 2 N–H and O–H groups in total. The number of hydrogen-bond acceptors (Lipinski definition) is 3. The molecule has 1 aromatic heterocycles. The third-order valence-corrected chi connectivity index (χ3v) is 4.57. The first-order valence-electron chi connectivity index (χ1n) is 5.87. The summed E-state index contributed by atoms with van der Waals surface area (Å²) in [6, 6.07) is 13.9. The van der Waals surface area contributed by atoms with Gasteiger partial charge in [0.05, 0.1) is 4.47 Å². The van der Waals surface area contributed by atoms with Crippen molar-refractivity contribution >= 4 is 43.0 Å². The molecular weight excluding hydrogens is 322 g/mol. The molecule has 0 aliphatic rings. The van der Waals surface area contributed by atoms with E-state index in [1.807, 2.05) is 18.2 Å². The number of benzene rings is 2. The standard InChI is InChI=1S/C15H12BrNOS/c16-13-6-5-11(17)7-14(13)18-8-10-9-19-15-4-2-1-3-12(10)15/h1-7,9H,8,17H2. The highest BCUT2D eigenvalue weighted by Gasteiger charge is 2.06. The molecule has 0 bridgehead atoms. The third kappa shape index (κ3) is 2.60. The summed E-state index contributed by atoms with van der Waals surface area (Å²) < 4.78 is 8.05. The topological polar surface area (TPSA) is 35.2 Å². The van der Waals surface area contributed by atoms with Crippen LogP contribution in [0.1, 0.15) is 5.56 Å². The van der Waals surface area contributed by atoms with E-state index in [9.17, 15) is 0 Å². The zero-order valence-electron chi connectivity index (χ0n) is 10.1. The second-order valence-corrected chi connectivity index (χ2v) is 6.00. The number of anilines is 1. The van der Waals surface area contributed by atoms with Gasteiger partial charge in [-0.1, -0.05) is 18.2 Å². The normalized spacial score (nSPS) is 10.8. The van der Waals surface area contributed by atoms with Crippen LogP contribution in [-0.4, -0.2) is 0 Å². The predicted molar refractivity (Wildman–Crippen MR) is 84.7 cm³/mol. The monoisotopic (exact) mass is 333 g/mol. The van der Waals surface area contributed by atoms with E-state index < -0.39 is 0 Å². The molecule has 0 aliphatic heterocycles. The molecule has 0 saturated heterocycles. The van der Waals surface area contributed by atoms with Crippen molar-refractivity contribution in [3.05, 3.63) is 57.9 Å². The van der Waals surface area contributed by atoms with Crippen molar-refractivity contribution in [1.82, 2.24) is 0 Å². The lowest BCUT2D eigenvalue weighted by Crippen LogP contribution is -1.96. The minimum absolute atomic E-state index is 0.548. The largest absolute Gasteiger partial charge is 0.488 e. The second kappa shape index (κ2) is 5.23. The van der Waals surface area contributed by atoms with Crippen LogP contribution in [0.15, 0.2) is 52.3 Å². The lowest BCUT2D eigenvalue weighted by molar-refractivity contribution is 0.306. The molecule has 2 aromatic carbocycles. The molecule has 0 saturated carbocycles. The maximum atomic E-state index is 5.85. The van der Waals surface area contributed by atoms with Crippen LogP contribution in [0.4, 0.5) is 5.69 Å². The molecule has 0 fully saturated rings. The number of nitrogen functional groups attached to an aromatic ring is 1. The van der Waals surface area contributed by atoms with Crippen LogP contribution in [0.25, 0.3) is 10.1 Å². The van der Waals surface area contributed by atoms with Crippen molar-refractivity contribution in [3.8, 4) is 5.75 Å². The number of halogens is 1. The zero-order valence-corrected chi connectivity index (χ0v) is 12.5. The van der Waals surface area contributed by atoms with Gasteiger partial charge in [0.1, 0.15) is 12.4 Å². The Kier molecular flexibility index (Phi) is 3.44. The van der Waals surface area contributed by atoms with Crippen LogP contribution in [0, 0.1) is 0 Å². The van der Waals surface area contributed by atoms with Gasteiger partial charge in [0.25, 0.3) is 0 Å². The highest BCUT2D eigenvalue weighted by molar-refractivity contribution is 9.10. The maximum Gasteiger partial charge on any atom is 0.136 e. The van der Waals surface area contributed by atoms with Crippen molar-refractivity contribution in [2.45, 2.75) is 6.61 Å². The van der Waals surface area contributed by atoms with Gasteiger partial charge in [-0.25, -0.2) is 0 Å². The first kappa shape index (κ1) is 12.5. The van der Waals surface area contributed by atoms with Crippen LogP contribution < -0.4 is 10.5 Å². The van der Waals surface area contributed by atoms with Crippen molar-refractivity contribution in [3.63, 3.8) is 0 Å². The molecule has 0 spiro atoms. The van der Waals surface area contributed by atoms with Gasteiger partial charge < -0.3 is 10.5 Å². The highest BCUT2D eigenvalue weighted by Crippen LogP contribution is 2.30. The first-order chi connectivity index (χ1) is 9.24. The average molecular weight is 334 g/mol. The van der Waals surface area contributed by atoms with Crippen molar-refractivity contribution in [2.75, 3.05) is 5.73 Å². The Balaban J connectivity index is 1.84. The van der Waals surface area contributed by atoms with Gasteiger partial charge in [-0.15, -0.1) is 11.3 Å². The molecule has 0 unspecified atom stereocenters. The van der Waals surface area contributed by atoms with Gasteiger partial charge >= 0.3 is 0 Å². The molecule has 0 aliphatic carbocycles. The smallest absolute Gasteiger partial charge is 0.136 e. The van der Waals surface area contributed by atoms with E-state index in [4.69, 9.17) is 10.5 Å². The van der Waals surface area contributed by atoms with Crippen molar-refractivity contribution < 1.29 is 4.74 Å². The number of fused-ring (bicyclic) bond motifs is 1. The molecule has 19 heavy (non-hydrogen) atoms. The molecule has 0 radical (unpaired) electrons. The number of thiophene rings is 1. The lowest BCUT2D eigenvalue weighted by atomic mass is 10.2. The van der Waals surface area contributed by atoms with E-state index in [2.05, 4.69) is 45.6 Å². The van der Waals surface area contributed by atoms with Gasteiger partial charge in [0, 0.05) is 22.0 Å². The van der Waals surface area contributed by atoms with Gasteiger partial charge in [-0.05, 0) is 44.9 Å². The van der Waals surface area contributed by atoms with Crippen molar-refractivity contribution in [2.24, 2.45) is 0 Å². The van der Waals surface area contributed by atoms with Crippen molar-refractivity contribution in [1.29, 1.82) is 0 Å². The summed E-state index contributed by atoms with van der Waals surface area (Å²) in [5.41, 5.74) is 7.67. The van der Waals surface area contributed by atoms with Gasteiger partial charge in [0.2, 0.25) is 0 Å². The van der Waals surface area contributed by atoms with Crippen LogP contribution in [0.5, 0.6) is 5.75 Å². The van der Waals surface area contributed by atoms with Gasteiger partial charge in [0.15, 0.2) is 0 Å². The molecule has 1 heterocycles. The Labute approximate surface area is 123 Å². The van der Waals surface area contributed by atoms with Crippen LogP contribution in [0.3, 0.4) is 0 Å². The zero-order chi connectivity index (χ0) is 13.2. The Morgan fingerprint density at radius 1 is 1.16 bits per heavy atom. The summed E-state index contributed by atoms with van der Waals surface area (Å²) in [7, 11) is 0. The number of ether oxygens (including phenoxy) is 1. The summed E-state index contributed by atoms with van der Waals surface area (Å²) in [6.45, 7) is 0.548. The van der Waals surface area contributed by atoms with Crippen LogP contribution >= 0.6 is 27.3 Å². The molecule has 3 aromatic rings. The van der Waals surface area contributed by atoms with E-state index in [0.29, 0.717) is 12.3 Å². The molecule has 2 nitrogen and oxygen atoms in total. The van der Waals surface area contributed by atoms with Crippen LogP contribution in [-0.2, 0) is 6.61 Å². The Hall–Kier alpha value is -1.52. The summed E-state index contributed by atoms with van der Waals surface area (Å²) in [6.07, 6.45) is 0. The van der Waals surface area contributed by atoms with Crippen LogP contribution in [0.2, 0.25) is 0 Å². The first-order valence-corrected chi connectivity index (χ1v) is 7.54. The van der Waals surface area contributed by atoms with E-state index in [1.165, 1.54) is 15.6 Å². The summed E-state index contributed by atoms with van der Waals surface area (Å²) in [5.74, 6) is 0.773. The van der Waals surface area contributed by atoms with E-state index in [-0.39, 0.29) is 0 Å². The fraction of sp³-hybridized carbons (Fsp3) is 0.0667. The fourth-order valence-electron chi connectivity index (χ4n) is 1.93. The maximum absolute atomic E-state index is 5.85. The quantitative estimate of drug-likeness (QED) is 0.697. The second-order valence-electron chi connectivity index (χ2n) is 4.24.